The van der Waals surface area contributed by atoms with E-state index >= 15 is 0 Å². The van der Waals surface area contributed by atoms with Gasteiger partial charge in [0.2, 0.25) is 0 Å². The van der Waals surface area contributed by atoms with E-state index in [4.69, 9.17) is 5.11 Å². The van der Waals surface area contributed by atoms with Gasteiger partial charge in [-0.25, -0.2) is 0 Å². The van der Waals surface area contributed by atoms with E-state index in [2.05, 4.69) is 30.8 Å². The Bertz CT molecular complexity index is 642. The standard InChI is InChI=1S/C19H20O2S/c1-14(2)19(21)16-7-11-18(12-8-16)22-17-9-5-15(6-10-17)4-3-13-20/h5-12,20H,1,3-4,13H2,2H3. The van der Waals surface area contributed by atoms with Gasteiger partial charge in [-0.15, -0.1) is 0 Å². The molecular formula is C19H20O2S. The molecule has 2 aromatic carbocycles. The number of carbonyl (C=O) groups is 1. The first-order valence-electron chi connectivity index (χ1n) is 7.28. The van der Waals surface area contributed by atoms with Crippen LogP contribution in [0, 0.1) is 0 Å². The molecule has 0 atom stereocenters. The van der Waals surface area contributed by atoms with Crippen molar-refractivity contribution in [1.82, 2.24) is 0 Å². The van der Waals surface area contributed by atoms with Crippen LogP contribution in [0.1, 0.15) is 29.3 Å². The van der Waals surface area contributed by atoms with Gasteiger partial charge in [0.25, 0.3) is 0 Å². The third-order valence-corrected chi connectivity index (χ3v) is 4.30. The van der Waals surface area contributed by atoms with Gasteiger partial charge in [0, 0.05) is 22.0 Å². The molecule has 3 heteroatoms. The lowest BCUT2D eigenvalue weighted by Gasteiger charge is -2.05. The fraction of sp³-hybridized carbons (Fsp3) is 0.211. The number of ketones is 1. The molecule has 22 heavy (non-hydrogen) atoms. The van der Waals surface area contributed by atoms with E-state index in [0.29, 0.717) is 11.1 Å². The zero-order chi connectivity index (χ0) is 15.9. The molecule has 0 aliphatic heterocycles. The second kappa shape index (κ2) is 7.97. The van der Waals surface area contributed by atoms with Crippen molar-refractivity contribution < 1.29 is 9.90 Å². The molecule has 0 unspecified atom stereocenters. The predicted octanol–water partition coefficient (Wildman–Crippen LogP) is 4.52. The summed E-state index contributed by atoms with van der Waals surface area (Å²) in [5, 5.41) is 8.84. The van der Waals surface area contributed by atoms with Crippen LogP contribution >= 0.6 is 11.8 Å². The number of rotatable bonds is 7. The quantitative estimate of drug-likeness (QED) is 0.603. The highest BCUT2D eigenvalue weighted by atomic mass is 32.2. The minimum atomic E-state index is -0.00946. The molecule has 0 aliphatic carbocycles. The number of carbonyl (C=O) groups excluding carboxylic acids is 1. The zero-order valence-corrected chi connectivity index (χ0v) is 13.5. The summed E-state index contributed by atoms with van der Waals surface area (Å²) in [6.45, 7) is 5.63. The SMILES string of the molecule is C=C(C)C(=O)c1ccc(Sc2ccc(CCCO)cc2)cc1. The normalized spacial score (nSPS) is 10.5. The van der Waals surface area contributed by atoms with Crippen LogP contribution in [0.2, 0.25) is 0 Å². The van der Waals surface area contributed by atoms with Crippen molar-refractivity contribution in [2.45, 2.75) is 29.6 Å². The van der Waals surface area contributed by atoms with E-state index < -0.39 is 0 Å². The highest BCUT2D eigenvalue weighted by molar-refractivity contribution is 7.99. The molecule has 0 heterocycles. The number of Topliss-reactive ketones (excluding diaryl/α,β-unsaturated/α-hetero) is 1. The van der Waals surface area contributed by atoms with Crippen LogP contribution in [-0.2, 0) is 6.42 Å². The Morgan fingerprint density at radius 2 is 1.59 bits per heavy atom. The molecule has 2 rings (SSSR count). The number of hydrogen-bond donors (Lipinski definition) is 1. The second-order valence-electron chi connectivity index (χ2n) is 5.21. The molecule has 0 saturated heterocycles. The highest BCUT2D eigenvalue weighted by Crippen LogP contribution is 2.28. The summed E-state index contributed by atoms with van der Waals surface area (Å²) in [7, 11) is 0. The minimum absolute atomic E-state index is 0.00946. The third-order valence-electron chi connectivity index (χ3n) is 3.29. The number of aliphatic hydroxyl groups excluding tert-OH is 1. The minimum Gasteiger partial charge on any atom is -0.396 e. The molecule has 1 N–H and O–H groups in total. The molecule has 0 aliphatic rings. The first-order chi connectivity index (χ1) is 10.6. The van der Waals surface area contributed by atoms with Crippen molar-refractivity contribution in [2.24, 2.45) is 0 Å². The Kier molecular flexibility index (Phi) is 5.99. The summed E-state index contributed by atoms with van der Waals surface area (Å²) in [4.78, 5) is 14.1. The summed E-state index contributed by atoms with van der Waals surface area (Å²) in [6.07, 6.45) is 1.70. The molecular weight excluding hydrogens is 292 g/mol. The van der Waals surface area contributed by atoms with Crippen molar-refractivity contribution in [3.8, 4) is 0 Å². The van der Waals surface area contributed by atoms with Gasteiger partial charge in [-0.05, 0) is 67.3 Å². The summed E-state index contributed by atoms with van der Waals surface area (Å²) in [6, 6.07) is 16.0. The van der Waals surface area contributed by atoms with E-state index in [1.54, 1.807) is 18.7 Å². The number of aryl methyl sites for hydroxylation is 1. The van der Waals surface area contributed by atoms with Crippen molar-refractivity contribution in [3.05, 3.63) is 71.8 Å². The van der Waals surface area contributed by atoms with E-state index in [0.717, 1.165) is 22.6 Å². The van der Waals surface area contributed by atoms with Crippen LogP contribution in [-0.4, -0.2) is 17.5 Å². The van der Waals surface area contributed by atoms with E-state index in [-0.39, 0.29) is 12.4 Å². The maximum atomic E-state index is 11.8. The van der Waals surface area contributed by atoms with Gasteiger partial charge in [-0.3, -0.25) is 4.79 Å². The molecule has 0 bridgehead atoms. The number of aliphatic hydroxyl groups is 1. The number of allylic oxidation sites excluding steroid dienone is 1. The van der Waals surface area contributed by atoms with Crippen LogP contribution in [0.3, 0.4) is 0 Å². The van der Waals surface area contributed by atoms with Gasteiger partial charge in [0.05, 0.1) is 0 Å². The van der Waals surface area contributed by atoms with E-state index in [1.165, 1.54) is 5.56 Å². The summed E-state index contributed by atoms with van der Waals surface area (Å²) in [5.41, 5.74) is 2.47. The fourth-order valence-electron chi connectivity index (χ4n) is 2.06. The van der Waals surface area contributed by atoms with Crippen molar-refractivity contribution in [2.75, 3.05) is 6.61 Å². The average molecular weight is 312 g/mol. The van der Waals surface area contributed by atoms with Crippen LogP contribution in [0.4, 0.5) is 0 Å². The molecule has 0 spiro atoms. The van der Waals surface area contributed by atoms with Gasteiger partial charge >= 0.3 is 0 Å². The largest absolute Gasteiger partial charge is 0.396 e. The Balaban J connectivity index is 2.01. The summed E-state index contributed by atoms with van der Waals surface area (Å²) >= 11 is 1.67. The molecule has 0 amide bonds. The Hall–Kier alpha value is -1.84. The van der Waals surface area contributed by atoms with Gasteiger partial charge in [0.15, 0.2) is 5.78 Å². The van der Waals surface area contributed by atoms with Crippen molar-refractivity contribution >= 4 is 17.5 Å². The third kappa shape index (κ3) is 4.58. The Morgan fingerprint density at radius 1 is 1.05 bits per heavy atom. The lowest BCUT2D eigenvalue weighted by Crippen LogP contribution is -1.98. The molecule has 114 valence electrons. The predicted molar refractivity (Wildman–Crippen MR) is 91.6 cm³/mol. The number of hydrogen-bond acceptors (Lipinski definition) is 3. The summed E-state index contributed by atoms with van der Waals surface area (Å²) in [5.74, 6) is -0.00946. The highest BCUT2D eigenvalue weighted by Gasteiger charge is 2.06. The Labute approximate surface area is 135 Å². The van der Waals surface area contributed by atoms with Crippen LogP contribution in [0.5, 0.6) is 0 Å². The van der Waals surface area contributed by atoms with Crippen molar-refractivity contribution in [1.29, 1.82) is 0 Å². The fourth-order valence-corrected chi connectivity index (χ4v) is 2.88. The number of benzene rings is 2. The molecule has 2 aromatic rings. The molecule has 0 aromatic heterocycles. The topological polar surface area (TPSA) is 37.3 Å². The van der Waals surface area contributed by atoms with E-state index in [1.807, 2.05) is 24.3 Å². The average Bonchev–Trinajstić information content (AvgIpc) is 2.54. The van der Waals surface area contributed by atoms with Crippen molar-refractivity contribution in [3.63, 3.8) is 0 Å². The van der Waals surface area contributed by atoms with Gasteiger partial charge < -0.3 is 5.11 Å². The van der Waals surface area contributed by atoms with Crippen LogP contribution in [0.25, 0.3) is 0 Å². The smallest absolute Gasteiger partial charge is 0.188 e. The lowest BCUT2D eigenvalue weighted by atomic mass is 10.1. The van der Waals surface area contributed by atoms with Crippen LogP contribution < -0.4 is 0 Å². The summed E-state index contributed by atoms with van der Waals surface area (Å²) < 4.78 is 0. The molecule has 2 nitrogen and oxygen atoms in total. The lowest BCUT2D eigenvalue weighted by molar-refractivity contribution is 0.103. The van der Waals surface area contributed by atoms with Crippen LogP contribution in [0.15, 0.2) is 70.5 Å². The zero-order valence-electron chi connectivity index (χ0n) is 12.7. The maximum Gasteiger partial charge on any atom is 0.188 e. The molecule has 0 saturated carbocycles. The van der Waals surface area contributed by atoms with Gasteiger partial charge in [0.1, 0.15) is 0 Å². The first kappa shape index (κ1) is 16.5. The molecule has 0 radical (unpaired) electrons. The van der Waals surface area contributed by atoms with Gasteiger partial charge in [-0.1, -0.05) is 30.5 Å². The Morgan fingerprint density at radius 3 is 2.09 bits per heavy atom. The molecule has 0 fully saturated rings. The van der Waals surface area contributed by atoms with Gasteiger partial charge in [-0.2, -0.15) is 0 Å². The monoisotopic (exact) mass is 312 g/mol. The van der Waals surface area contributed by atoms with E-state index in [9.17, 15) is 4.79 Å². The first-order valence-corrected chi connectivity index (χ1v) is 8.09. The second-order valence-corrected chi connectivity index (χ2v) is 6.35. The maximum absolute atomic E-state index is 11.8.